The van der Waals surface area contributed by atoms with Crippen molar-refractivity contribution in [2.75, 3.05) is 13.6 Å². The fraction of sp³-hybridized carbons (Fsp3) is 0.455. The Kier molecular flexibility index (Phi) is 4.26. The number of nitrogens with two attached hydrogens (primary N) is 1. The highest BCUT2D eigenvalue weighted by atomic mass is 32.1. The Morgan fingerprint density at radius 1 is 1.52 bits per heavy atom. The summed E-state index contributed by atoms with van der Waals surface area (Å²) < 4.78 is 2.47. The molecule has 0 aliphatic rings. The topological polar surface area (TPSA) is 112 Å². The quantitative estimate of drug-likeness (QED) is 0.680. The molecular weight excluding hydrogens is 294 g/mol. The SMILES string of the molecule is CN(CCC(N)=S)C(=O)Cn1nnc2c(cnn2C)c1=O. The molecule has 0 aromatic carbocycles. The van der Waals surface area contributed by atoms with E-state index in [-0.39, 0.29) is 12.5 Å². The van der Waals surface area contributed by atoms with E-state index >= 15 is 0 Å². The van der Waals surface area contributed by atoms with Gasteiger partial charge in [0.05, 0.1) is 11.2 Å². The molecule has 112 valence electrons. The molecule has 21 heavy (non-hydrogen) atoms. The maximum absolute atomic E-state index is 12.2. The van der Waals surface area contributed by atoms with Gasteiger partial charge in [-0.25, -0.2) is 9.36 Å². The van der Waals surface area contributed by atoms with Crippen molar-refractivity contribution < 1.29 is 4.79 Å². The molecule has 0 aliphatic carbocycles. The summed E-state index contributed by atoms with van der Waals surface area (Å²) in [6, 6.07) is 0. The van der Waals surface area contributed by atoms with Crippen molar-refractivity contribution in [1.82, 2.24) is 29.7 Å². The van der Waals surface area contributed by atoms with Gasteiger partial charge in [-0.05, 0) is 0 Å². The van der Waals surface area contributed by atoms with Crippen molar-refractivity contribution in [3.8, 4) is 0 Å². The van der Waals surface area contributed by atoms with Crippen LogP contribution in [0.25, 0.3) is 11.0 Å². The zero-order valence-electron chi connectivity index (χ0n) is 11.7. The molecule has 0 saturated carbocycles. The maximum Gasteiger partial charge on any atom is 0.281 e. The van der Waals surface area contributed by atoms with E-state index in [9.17, 15) is 9.59 Å². The van der Waals surface area contributed by atoms with Gasteiger partial charge in [0, 0.05) is 27.1 Å². The smallest absolute Gasteiger partial charge is 0.281 e. The largest absolute Gasteiger partial charge is 0.393 e. The molecule has 1 amide bonds. The molecule has 10 heteroatoms. The molecule has 0 spiro atoms. The molecule has 2 heterocycles. The summed E-state index contributed by atoms with van der Waals surface area (Å²) in [6.07, 6.45) is 1.84. The second-order valence-electron chi connectivity index (χ2n) is 4.59. The lowest BCUT2D eigenvalue weighted by atomic mass is 10.4. The van der Waals surface area contributed by atoms with Crippen LogP contribution in [0.2, 0.25) is 0 Å². The highest BCUT2D eigenvalue weighted by molar-refractivity contribution is 7.80. The molecule has 2 N–H and O–H groups in total. The van der Waals surface area contributed by atoms with Crippen LogP contribution in [0.15, 0.2) is 11.0 Å². The van der Waals surface area contributed by atoms with Gasteiger partial charge in [0.2, 0.25) is 5.91 Å². The van der Waals surface area contributed by atoms with Crippen LogP contribution in [0.5, 0.6) is 0 Å². The van der Waals surface area contributed by atoms with Crippen molar-refractivity contribution >= 4 is 34.1 Å². The Hall–Kier alpha value is -2.36. The normalized spacial score (nSPS) is 10.8. The number of fused-ring (bicyclic) bond motifs is 1. The van der Waals surface area contributed by atoms with Gasteiger partial charge in [0.1, 0.15) is 11.9 Å². The Balaban J connectivity index is 2.16. The summed E-state index contributed by atoms with van der Waals surface area (Å²) >= 11 is 4.76. The third-order valence-electron chi connectivity index (χ3n) is 3.02. The van der Waals surface area contributed by atoms with E-state index in [2.05, 4.69) is 15.4 Å². The van der Waals surface area contributed by atoms with Crippen molar-refractivity contribution in [3.05, 3.63) is 16.6 Å². The zero-order valence-corrected chi connectivity index (χ0v) is 12.5. The second kappa shape index (κ2) is 5.95. The van der Waals surface area contributed by atoms with Crippen LogP contribution in [-0.2, 0) is 18.4 Å². The third kappa shape index (κ3) is 3.21. The number of carbonyl (C=O) groups excluding carboxylic acids is 1. The van der Waals surface area contributed by atoms with Gasteiger partial charge in [-0.3, -0.25) is 9.59 Å². The molecule has 0 radical (unpaired) electrons. The van der Waals surface area contributed by atoms with E-state index in [4.69, 9.17) is 18.0 Å². The molecule has 9 nitrogen and oxygen atoms in total. The second-order valence-corrected chi connectivity index (χ2v) is 5.11. The standard InChI is InChI=1S/C11H15N7O2S/c1-16(4-3-8(12)21)9(19)6-18-11(20)7-5-13-17(2)10(7)14-15-18/h5H,3-4,6H2,1-2H3,(H2,12,21). The third-order valence-corrected chi connectivity index (χ3v) is 3.23. The summed E-state index contributed by atoms with van der Waals surface area (Å²) in [7, 11) is 3.27. The molecule has 0 fully saturated rings. The van der Waals surface area contributed by atoms with Crippen molar-refractivity contribution in [2.45, 2.75) is 13.0 Å². The number of rotatable bonds is 5. The van der Waals surface area contributed by atoms with Crippen LogP contribution in [0.1, 0.15) is 6.42 Å². The Bertz CT molecular complexity index is 751. The fourth-order valence-electron chi connectivity index (χ4n) is 1.73. The molecule has 2 rings (SSSR count). The molecule has 2 aromatic rings. The number of nitrogens with zero attached hydrogens (tertiary/aromatic N) is 6. The van der Waals surface area contributed by atoms with Crippen molar-refractivity contribution in [3.63, 3.8) is 0 Å². The zero-order chi connectivity index (χ0) is 15.6. The monoisotopic (exact) mass is 309 g/mol. The molecule has 0 unspecified atom stereocenters. The molecular formula is C11H15N7O2S. The highest BCUT2D eigenvalue weighted by Crippen LogP contribution is 2.01. The summed E-state index contributed by atoms with van der Waals surface area (Å²) in [5, 5.41) is 11.9. The first-order valence-electron chi connectivity index (χ1n) is 6.18. The fourth-order valence-corrected chi connectivity index (χ4v) is 1.82. The number of hydrogen-bond acceptors (Lipinski definition) is 6. The number of amides is 1. The van der Waals surface area contributed by atoms with Gasteiger partial charge in [-0.2, -0.15) is 5.10 Å². The molecule has 0 bridgehead atoms. The molecule has 0 saturated heterocycles. The van der Waals surface area contributed by atoms with E-state index in [1.165, 1.54) is 15.8 Å². The molecule has 0 atom stereocenters. The molecule has 0 aliphatic heterocycles. The number of likely N-dealkylation sites (N-methyl/N-ethyl adjacent to an activating group) is 1. The van der Waals surface area contributed by atoms with Crippen LogP contribution in [-0.4, -0.2) is 54.2 Å². The van der Waals surface area contributed by atoms with Gasteiger partial charge in [0.25, 0.3) is 5.56 Å². The number of hydrogen-bond donors (Lipinski definition) is 1. The Morgan fingerprint density at radius 3 is 2.90 bits per heavy atom. The van der Waals surface area contributed by atoms with Gasteiger partial charge >= 0.3 is 0 Å². The summed E-state index contributed by atoms with van der Waals surface area (Å²) in [5.74, 6) is -0.272. The van der Waals surface area contributed by atoms with E-state index in [1.54, 1.807) is 14.1 Å². The maximum atomic E-state index is 12.2. The summed E-state index contributed by atoms with van der Waals surface area (Å²) in [4.78, 5) is 26.0. The van der Waals surface area contributed by atoms with Crippen molar-refractivity contribution in [2.24, 2.45) is 12.8 Å². The minimum absolute atomic E-state index is 0.190. The van der Waals surface area contributed by atoms with Gasteiger partial charge in [0.15, 0.2) is 5.65 Å². The average molecular weight is 309 g/mol. The lowest BCUT2D eigenvalue weighted by Gasteiger charge is -2.16. The Labute approximate surface area is 125 Å². The van der Waals surface area contributed by atoms with Crippen LogP contribution in [0.3, 0.4) is 0 Å². The summed E-state index contributed by atoms with van der Waals surface area (Å²) in [5.41, 5.74) is 5.37. The predicted molar refractivity (Wildman–Crippen MR) is 79.6 cm³/mol. The van der Waals surface area contributed by atoms with E-state index in [0.29, 0.717) is 29.0 Å². The lowest BCUT2D eigenvalue weighted by Crippen LogP contribution is -2.36. The number of aromatic nitrogens is 5. The lowest BCUT2D eigenvalue weighted by molar-refractivity contribution is -0.130. The first-order valence-corrected chi connectivity index (χ1v) is 6.58. The van der Waals surface area contributed by atoms with E-state index < -0.39 is 5.56 Å². The Morgan fingerprint density at radius 2 is 2.24 bits per heavy atom. The first-order chi connectivity index (χ1) is 9.90. The van der Waals surface area contributed by atoms with E-state index in [0.717, 1.165) is 4.68 Å². The minimum atomic E-state index is -0.399. The number of thiocarbonyl (C=S) groups is 1. The highest BCUT2D eigenvalue weighted by Gasteiger charge is 2.14. The number of carbonyl (C=O) groups is 1. The summed E-state index contributed by atoms with van der Waals surface area (Å²) in [6.45, 7) is 0.204. The van der Waals surface area contributed by atoms with E-state index in [1.807, 2.05) is 0 Å². The van der Waals surface area contributed by atoms with Crippen LogP contribution < -0.4 is 11.3 Å². The minimum Gasteiger partial charge on any atom is -0.393 e. The predicted octanol–water partition coefficient (Wildman–Crippen LogP) is -1.34. The van der Waals surface area contributed by atoms with Gasteiger partial charge in [-0.1, -0.05) is 17.4 Å². The van der Waals surface area contributed by atoms with Crippen LogP contribution in [0, 0.1) is 0 Å². The van der Waals surface area contributed by atoms with Crippen LogP contribution >= 0.6 is 12.2 Å². The van der Waals surface area contributed by atoms with Gasteiger partial charge in [-0.15, -0.1) is 5.10 Å². The van der Waals surface area contributed by atoms with Crippen molar-refractivity contribution in [1.29, 1.82) is 0 Å². The number of aryl methyl sites for hydroxylation is 1. The van der Waals surface area contributed by atoms with Crippen LogP contribution in [0.4, 0.5) is 0 Å². The average Bonchev–Trinajstić information content (AvgIpc) is 2.81. The first kappa shape index (κ1) is 15.0. The van der Waals surface area contributed by atoms with Gasteiger partial charge < -0.3 is 10.6 Å². The molecule has 2 aromatic heterocycles.